The van der Waals surface area contributed by atoms with E-state index in [4.69, 9.17) is 33.0 Å². The van der Waals surface area contributed by atoms with Crippen molar-refractivity contribution in [1.82, 2.24) is 0 Å². The summed E-state index contributed by atoms with van der Waals surface area (Å²) < 4.78 is 30.2. The highest BCUT2D eigenvalue weighted by Crippen LogP contribution is 2.32. The lowest BCUT2D eigenvalue weighted by Gasteiger charge is -2.22. The fraction of sp³-hybridized carbons (Fsp3) is 0.417. The molecule has 0 aromatic heterocycles. The van der Waals surface area contributed by atoms with Gasteiger partial charge in [0.2, 0.25) is 0 Å². The zero-order chi connectivity index (χ0) is 14.9. The highest BCUT2D eigenvalue weighted by molar-refractivity contribution is 7.92. The van der Waals surface area contributed by atoms with E-state index in [1.54, 1.807) is 0 Å². The maximum absolute atomic E-state index is 12.5. The molecular weight excluding hydrogens is 327 g/mol. The molecule has 110 valence electrons. The zero-order valence-electron chi connectivity index (χ0n) is 10.3. The number of carbonyl (C=O) groups is 1. The summed E-state index contributed by atoms with van der Waals surface area (Å²) in [4.78, 5) is 10.8. The topological polar surface area (TPSA) is 80.7 Å². The molecule has 1 aliphatic heterocycles. The van der Waals surface area contributed by atoms with Crippen LogP contribution in [0.3, 0.4) is 0 Å². The summed E-state index contributed by atoms with van der Waals surface area (Å²) in [6.07, 6.45) is 1.10. The summed E-state index contributed by atoms with van der Waals surface area (Å²) in [6, 6.07) is 2.15. The first-order chi connectivity index (χ1) is 9.34. The minimum atomic E-state index is -3.74. The zero-order valence-corrected chi connectivity index (χ0v) is 12.6. The van der Waals surface area contributed by atoms with Crippen LogP contribution in [-0.4, -0.2) is 38.0 Å². The van der Waals surface area contributed by atoms with Gasteiger partial charge in [0.25, 0.3) is 0 Å². The molecule has 1 fully saturated rings. The van der Waals surface area contributed by atoms with E-state index < -0.39 is 21.1 Å². The molecule has 20 heavy (non-hydrogen) atoms. The normalized spacial score (nSPS) is 19.8. The second kappa shape index (κ2) is 5.89. The first-order valence-corrected chi connectivity index (χ1v) is 8.18. The van der Waals surface area contributed by atoms with Crippen LogP contribution in [0.1, 0.15) is 23.2 Å². The van der Waals surface area contributed by atoms with Crippen molar-refractivity contribution in [3.05, 3.63) is 27.7 Å². The van der Waals surface area contributed by atoms with E-state index >= 15 is 0 Å². The Kier molecular flexibility index (Phi) is 4.59. The number of aromatic carboxylic acids is 1. The minimum absolute atomic E-state index is 0.0782. The van der Waals surface area contributed by atoms with Crippen molar-refractivity contribution in [1.29, 1.82) is 0 Å². The molecule has 2 rings (SSSR count). The summed E-state index contributed by atoms with van der Waals surface area (Å²) in [6.45, 7) is 0.616. The van der Waals surface area contributed by atoms with Crippen molar-refractivity contribution in [3.63, 3.8) is 0 Å². The molecule has 1 heterocycles. The number of ether oxygens (including phenoxy) is 1. The Morgan fingerprint density at radius 3 is 2.55 bits per heavy atom. The molecule has 8 heteroatoms. The van der Waals surface area contributed by atoms with E-state index in [0.29, 0.717) is 19.4 Å². The number of hydrogen-bond acceptors (Lipinski definition) is 4. The number of sulfone groups is 1. The Hall–Kier alpha value is -0.820. The first-order valence-electron chi connectivity index (χ1n) is 5.88. The Balaban J connectivity index is 2.50. The van der Waals surface area contributed by atoms with E-state index in [1.807, 2.05) is 0 Å². The molecule has 0 bridgehead atoms. The van der Waals surface area contributed by atoms with Crippen LogP contribution < -0.4 is 0 Å². The third-order valence-corrected chi connectivity index (χ3v) is 6.05. The smallest absolute Gasteiger partial charge is 0.337 e. The van der Waals surface area contributed by atoms with Crippen molar-refractivity contribution >= 4 is 39.0 Å². The number of carboxylic acid groups (broad SMARTS) is 1. The predicted octanol–water partition coefficient (Wildman–Crippen LogP) is 2.64. The van der Waals surface area contributed by atoms with Crippen LogP contribution in [0.4, 0.5) is 0 Å². The second-order valence-corrected chi connectivity index (χ2v) is 7.46. The molecule has 5 nitrogen and oxygen atoms in total. The van der Waals surface area contributed by atoms with Gasteiger partial charge in [0.1, 0.15) is 0 Å². The van der Waals surface area contributed by atoms with Crippen molar-refractivity contribution in [2.45, 2.75) is 23.0 Å². The van der Waals surface area contributed by atoms with Gasteiger partial charge >= 0.3 is 5.97 Å². The van der Waals surface area contributed by atoms with E-state index in [1.165, 1.54) is 0 Å². The van der Waals surface area contributed by atoms with Crippen LogP contribution in [0.15, 0.2) is 17.0 Å². The van der Waals surface area contributed by atoms with Gasteiger partial charge in [-0.1, -0.05) is 23.2 Å². The first kappa shape index (κ1) is 15.6. The Morgan fingerprint density at radius 2 is 2.00 bits per heavy atom. The lowest BCUT2D eigenvalue weighted by atomic mass is 10.2. The summed E-state index contributed by atoms with van der Waals surface area (Å²) in [5.41, 5.74) is -0.286. The van der Waals surface area contributed by atoms with Crippen molar-refractivity contribution in [3.8, 4) is 0 Å². The molecule has 1 saturated heterocycles. The van der Waals surface area contributed by atoms with Crippen LogP contribution in [0, 0.1) is 0 Å². The molecule has 1 aliphatic rings. The molecule has 0 spiro atoms. The van der Waals surface area contributed by atoms with Gasteiger partial charge in [-0.05, 0) is 25.0 Å². The molecule has 1 atom stereocenters. The average Bonchev–Trinajstić information content (AvgIpc) is 2.39. The molecule has 1 aromatic carbocycles. The number of halogens is 2. The molecule has 0 saturated carbocycles. The van der Waals surface area contributed by atoms with Crippen LogP contribution in [-0.2, 0) is 14.6 Å². The molecule has 0 aliphatic carbocycles. The highest BCUT2D eigenvalue weighted by Gasteiger charge is 2.32. The van der Waals surface area contributed by atoms with E-state index in [2.05, 4.69) is 0 Å². The number of rotatable bonds is 3. The van der Waals surface area contributed by atoms with Gasteiger partial charge in [-0.15, -0.1) is 0 Å². The molecule has 1 aromatic rings. The van der Waals surface area contributed by atoms with Crippen LogP contribution in [0.5, 0.6) is 0 Å². The van der Waals surface area contributed by atoms with Gasteiger partial charge in [0.15, 0.2) is 9.84 Å². The third kappa shape index (κ3) is 2.93. The maximum atomic E-state index is 12.5. The maximum Gasteiger partial charge on any atom is 0.337 e. The predicted molar refractivity (Wildman–Crippen MR) is 74.4 cm³/mol. The molecule has 0 amide bonds. The lowest BCUT2D eigenvalue weighted by molar-refractivity contribution is 0.0697. The van der Waals surface area contributed by atoms with Crippen molar-refractivity contribution < 1.29 is 23.1 Å². The van der Waals surface area contributed by atoms with Crippen LogP contribution >= 0.6 is 23.2 Å². The second-order valence-electron chi connectivity index (χ2n) is 4.45. The Labute approximate surface area is 126 Å². The van der Waals surface area contributed by atoms with Gasteiger partial charge in [-0.25, -0.2) is 13.2 Å². The van der Waals surface area contributed by atoms with Gasteiger partial charge in [-0.2, -0.15) is 0 Å². The van der Waals surface area contributed by atoms with Gasteiger partial charge in [0.05, 0.1) is 32.4 Å². The van der Waals surface area contributed by atoms with Crippen molar-refractivity contribution in [2.24, 2.45) is 0 Å². The SMILES string of the molecule is O=C(O)c1cc(S(=O)(=O)C2CCCOC2)c(Cl)cc1Cl. The fourth-order valence-corrected chi connectivity index (χ4v) is 4.56. The fourth-order valence-electron chi connectivity index (χ4n) is 2.05. The number of hydrogen-bond donors (Lipinski definition) is 1. The van der Waals surface area contributed by atoms with Crippen LogP contribution in [0.25, 0.3) is 0 Å². The average molecular weight is 339 g/mol. The van der Waals surface area contributed by atoms with Gasteiger partial charge in [0, 0.05) is 6.61 Å². The largest absolute Gasteiger partial charge is 0.478 e. The summed E-state index contributed by atoms with van der Waals surface area (Å²) in [7, 11) is -3.74. The van der Waals surface area contributed by atoms with Crippen LogP contribution in [0.2, 0.25) is 10.0 Å². The number of carboxylic acids is 1. The Bertz CT molecular complexity index is 635. The molecule has 1 N–H and O–H groups in total. The van der Waals surface area contributed by atoms with E-state index in [9.17, 15) is 13.2 Å². The summed E-state index contributed by atoms with van der Waals surface area (Å²) in [5, 5.41) is 8.12. The van der Waals surface area contributed by atoms with E-state index in [0.717, 1.165) is 12.1 Å². The quantitative estimate of drug-likeness (QED) is 0.916. The monoisotopic (exact) mass is 338 g/mol. The molecule has 0 radical (unpaired) electrons. The number of benzene rings is 1. The summed E-state index contributed by atoms with van der Waals surface area (Å²) in [5.74, 6) is -1.30. The highest BCUT2D eigenvalue weighted by atomic mass is 35.5. The standard InChI is InChI=1S/C12H12Cl2O5S/c13-9-5-10(14)11(4-8(9)12(15)16)20(17,18)7-2-1-3-19-6-7/h4-5,7H,1-3,6H2,(H,15,16). The van der Waals surface area contributed by atoms with Crippen molar-refractivity contribution in [2.75, 3.05) is 13.2 Å². The lowest BCUT2D eigenvalue weighted by Crippen LogP contribution is -2.31. The van der Waals surface area contributed by atoms with E-state index in [-0.39, 0.29) is 27.1 Å². The third-order valence-electron chi connectivity index (χ3n) is 3.12. The van der Waals surface area contributed by atoms with Gasteiger partial charge < -0.3 is 9.84 Å². The summed E-state index contributed by atoms with van der Waals surface area (Å²) >= 11 is 11.7. The molecule has 1 unspecified atom stereocenters. The van der Waals surface area contributed by atoms with Gasteiger partial charge in [-0.3, -0.25) is 0 Å². The minimum Gasteiger partial charge on any atom is -0.478 e. The molecular formula is C12H12Cl2O5S. The Morgan fingerprint density at radius 1 is 1.30 bits per heavy atom.